The first-order chi connectivity index (χ1) is 8.15. The third-order valence-corrected chi connectivity index (χ3v) is 3.72. The predicted octanol–water partition coefficient (Wildman–Crippen LogP) is -0.132. The normalized spacial score (nSPS) is 34.0. The SMILES string of the molecule is NCCC(=O)N1CCC[C@]2(C[C@H](O)CCO2)C1. The number of nitrogens with zero attached hydrogens (tertiary/aromatic N) is 1. The van der Waals surface area contributed by atoms with Gasteiger partial charge in [0.15, 0.2) is 0 Å². The van der Waals surface area contributed by atoms with E-state index < -0.39 is 0 Å². The fraction of sp³-hybridized carbons (Fsp3) is 0.917. The average Bonchev–Trinajstić information content (AvgIpc) is 2.29. The number of nitrogens with two attached hydrogens (primary N) is 1. The molecule has 1 amide bonds. The van der Waals surface area contributed by atoms with Crippen molar-refractivity contribution in [1.29, 1.82) is 0 Å². The Morgan fingerprint density at radius 2 is 2.41 bits per heavy atom. The van der Waals surface area contributed by atoms with Gasteiger partial charge in [-0.25, -0.2) is 0 Å². The molecule has 0 aromatic rings. The van der Waals surface area contributed by atoms with E-state index in [1.54, 1.807) is 0 Å². The maximum atomic E-state index is 11.8. The van der Waals surface area contributed by atoms with Crippen LogP contribution >= 0.6 is 0 Å². The van der Waals surface area contributed by atoms with Crippen LogP contribution in [-0.4, -0.2) is 53.9 Å². The van der Waals surface area contributed by atoms with Crippen LogP contribution in [0.5, 0.6) is 0 Å². The zero-order valence-corrected chi connectivity index (χ0v) is 10.2. The second-order valence-corrected chi connectivity index (χ2v) is 5.14. The summed E-state index contributed by atoms with van der Waals surface area (Å²) in [5, 5.41) is 9.75. The van der Waals surface area contributed by atoms with E-state index >= 15 is 0 Å². The van der Waals surface area contributed by atoms with Crippen molar-refractivity contribution in [3.63, 3.8) is 0 Å². The highest BCUT2D eigenvalue weighted by atomic mass is 16.5. The summed E-state index contributed by atoms with van der Waals surface area (Å²) in [5.41, 5.74) is 5.10. The Morgan fingerprint density at radius 1 is 1.59 bits per heavy atom. The summed E-state index contributed by atoms with van der Waals surface area (Å²) in [7, 11) is 0. The average molecular weight is 242 g/mol. The van der Waals surface area contributed by atoms with Crippen LogP contribution in [0.2, 0.25) is 0 Å². The molecular weight excluding hydrogens is 220 g/mol. The first-order valence-corrected chi connectivity index (χ1v) is 6.45. The molecule has 2 rings (SSSR count). The van der Waals surface area contributed by atoms with Gasteiger partial charge in [-0.2, -0.15) is 0 Å². The quantitative estimate of drug-likeness (QED) is 0.707. The number of carbonyl (C=O) groups excluding carboxylic acids is 1. The molecule has 5 nitrogen and oxygen atoms in total. The number of ether oxygens (including phenoxy) is 1. The van der Waals surface area contributed by atoms with Gasteiger partial charge in [-0.05, 0) is 19.3 Å². The topological polar surface area (TPSA) is 75.8 Å². The molecule has 0 saturated carbocycles. The molecule has 0 aliphatic carbocycles. The van der Waals surface area contributed by atoms with Crippen LogP contribution in [0.3, 0.4) is 0 Å². The minimum Gasteiger partial charge on any atom is -0.393 e. The lowest BCUT2D eigenvalue weighted by Gasteiger charge is -2.46. The molecule has 2 aliphatic heterocycles. The molecule has 0 aromatic carbocycles. The molecule has 2 heterocycles. The summed E-state index contributed by atoms with van der Waals surface area (Å²) < 4.78 is 5.85. The van der Waals surface area contributed by atoms with Gasteiger partial charge in [-0.15, -0.1) is 0 Å². The molecule has 2 saturated heterocycles. The van der Waals surface area contributed by atoms with Gasteiger partial charge >= 0.3 is 0 Å². The summed E-state index contributed by atoms with van der Waals surface area (Å²) in [6, 6.07) is 0. The van der Waals surface area contributed by atoms with Gasteiger partial charge in [-0.3, -0.25) is 4.79 Å². The third-order valence-electron chi connectivity index (χ3n) is 3.72. The molecule has 0 bridgehead atoms. The molecule has 98 valence electrons. The molecule has 0 radical (unpaired) electrons. The van der Waals surface area contributed by atoms with Crippen molar-refractivity contribution in [2.24, 2.45) is 5.73 Å². The van der Waals surface area contributed by atoms with Gasteiger partial charge in [0.2, 0.25) is 5.91 Å². The molecule has 1 spiro atoms. The Hall–Kier alpha value is -0.650. The molecule has 2 fully saturated rings. The summed E-state index contributed by atoms with van der Waals surface area (Å²) in [5.74, 6) is 0.107. The number of aliphatic hydroxyl groups excluding tert-OH is 1. The molecule has 0 aromatic heterocycles. The van der Waals surface area contributed by atoms with Gasteiger partial charge in [0.05, 0.1) is 11.7 Å². The van der Waals surface area contributed by atoms with E-state index in [9.17, 15) is 9.90 Å². The maximum absolute atomic E-state index is 11.8. The van der Waals surface area contributed by atoms with Crippen LogP contribution in [-0.2, 0) is 9.53 Å². The maximum Gasteiger partial charge on any atom is 0.223 e. The van der Waals surface area contributed by atoms with E-state index in [4.69, 9.17) is 10.5 Å². The number of carbonyl (C=O) groups is 1. The van der Waals surface area contributed by atoms with E-state index in [1.807, 2.05) is 4.90 Å². The van der Waals surface area contributed by atoms with Crippen LogP contribution in [0.15, 0.2) is 0 Å². The molecule has 3 N–H and O–H groups in total. The van der Waals surface area contributed by atoms with Crippen molar-refractivity contribution in [3.8, 4) is 0 Å². The molecule has 2 aliphatic rings. The van der Waals surface area contributed by atoms with Crippen LogP contribution in [0.1, 0.15) is 32.1 Å². The zero-order valence-electron chi connectivity index (χ0n) is 10.2. The monoisotopic (exact) mass is 242 g/mol. The molecule has 2 atom stereocenters. The van der Waals surface area contributed by atoms with E-state index in [1.165, 1.54) is 0 Å². The number of piperidine rings is 1. The number of hydrogen-bond donors (Lipinski definition) is 2. The van der Waals surface area contributed by atoms with Crippen LogP contribution in [0.4, 0.5) is 0 Å². The third kappa shape index (κ3) is 2.97. The summed E-state index contributed by atoms with van der Waals surface area (Å²) in [4.78, 5) is 13.7. The minimum atomic E-state index is -0.305. The van der Waals surface area contributed by atoms with E-state index in [0.717, 1.165) is 19.4 Å². The number of rotatable bonds is 2. The Labute approximate surface area is 102 Å². The van der Waals surface area contributed by atoms with Gasteiger partial charge in [-0.1, -0.05) is 0 Å². The second kappa shape index (κ2) is 5.33. The van der Waals surface area contributed by atoms with Gasteiger partial charge < -0.3 is 20.5 Å². The minimum absolute atomic E-state index is 0.107. The molecule has 5 heteroatoms. The molecule has 0 unspecified atom stereocenters. The van der Waals surface area contributed by atoms with Crippen LogP contribution in [0.25, 0.3) is 0 Å². The lowest BCUT2D eigenvalue weighted by Crippen LogP contribution is -2.55. The first kappa shape index (κ1) is 12.8. The van der Waals surface area contributed by atoms with Gasteiger partial charge in [0.25, 0.3) is 0 Å². The lowest BCUT2D eigenvalue weighted by atomic mass is 9.84. The van der Waals surface area contributed by atoms with Crippen molar-refractivity contribution in [2.45, 2.75) is 43.8 Å². The van der Waals surface area contributed by atoms with E-state index in [0.29, 0.717) is 39.0 Å². The summed E-state index contributed by atoms with van der Waals surface area (Å²) >= 11 is 0. The van der Waals surface area contributed by atoms with E-state index in [2.05, 4.69) is 0 Å². The second-order valence-electron chi connectivity index (χ2n) is 5.14. The Kier molecular flexibility index (Phi) is 4.01. The molecule has 17 heavy (non-hydrogen) atoms. The Morgan fingerprint density at radius 3 is 3.12 bits per heavy atom. The van der Waals surface area contributed by atoms with Crippen molar-refractivity contribution >= 4 is 5.91 Å². The fourth-order valence-electron chi connectivity index (χ4n) is 2.88. The highest BCUT2D eigenvalue weighted by Gasteiger charge is 2.41. The number of amides is 1. The highest BCUT2D eigenvalue weighted by molar-refractivity contribution is 5.76. The van der Waals surface area contributed by atoms with Crippen molar-refractivity contribution in [3.05, 3.63) is 0 Å². The van der Waals surface area contributed by atoms with Gasteiger partial charge in [0, 0.05) is 39.1 Å². The van der Waals surface area contributed by atoms with Gasteiger partial charge in [0.1, 0.15) is 0 Å². The smallest absolute Gasteiger partial charge is 0.223 e. The number of likely N-dealkylation sites (tertiary alicyclic amines) is 1. The summed E-state index contributed by atoms with van der Waals surface area (Å²) in [6.07, 6.45) is 3.36. The fourth-order valence-corrected chi connectivity index (χ4v) is 2.88. The van der Waals surface area contributed by atoms with Crippen molar-refractivity contribution < 1.29 is 14.6 Å². The lowest BCUT2D eigenvalue weighted by molar-refractivity contribution is -0.160. The Bertz CT molecular complexity index is 281. The van der Waals surface area contributed by atoms with Crippen LogP contribution < -0.4 is 5.73 Å². The first-order valence-electron chi connectivity index (χ1n) is 6.45. The zero-order chi connectivity index (χ0) is 12.3. The van der Waals surface area contributed by atoms with Crippen molar-refractivity contribution in [1.82, 2.24) is 4.90 Å². The highest BCUT2D eigenvalue weighted by Crippen LogP contribution is 2.33. The predicted molar refractivity (Wildman–Crippen MR) is 63.4 cm³/mol. The van der Waals surface area contributed by atoms with E-state index in [-0.39, 0.29) is 17.6 Å². The largest absolute Gasteiger partial charge is 0.393 e. The van der Waals surface area contributed by atoms with Crippen molar-refractivity contribution in [2.75, 3.05) is 26.2 Å². The standard InChI is InChI=1S/C12H22N2O3/c13-5-2-11(16)14-6-1-4-12(9-14)8-10(15)3-7-17-12/h10,15H,1-9,13H2/t10-,12+/m1/s1. The van der Waals surface area contributed by atoms with Crippen LogP contribution in [0, 0.1) is 0 Å². The summed E-state index contributed by atoms with van der Waals surface area (Å²) in [6.45, 7) is 2.40. The number of aliphatic hydroxyl groups is 1. The Balaban J connectivity index is 1.98. The molecular formula is C12H22N2O3. The number of hydrogen-bond acceptors (Lipinski definition) is 4.